The quantitative estimate of drug-likeness (QED) is 0.686. The molecule has 3 N–H and O–H groups in total. The van der Waals surface area contributed by atoms with Gasteiger partial charge in [0.15, 0.2) is 5.69 Å². The number of hydrogen-bond donors (Lipinski definition) is 3. The molecule has 1 unspecified atom stereocenters. The molecule has 8 nitrogen and oxygen atoms in total. The van der Waals surface area contributed by atoms with Crippen LogP contribution in [0.2, 0.25) is 0 Å². The number of carbonyl (C=O) groups is 1. The number of aliphatic hydroxyl groups is 2. The first kappa shape index (κ1) is 14.9. The van der Waals surface area contributed by atoms with E-state index in [1.807, 2.05) is 0 Å². The van der Waals surface area contributed by atoms with Gasteiger partial charge in [-0.2, -0.15) is 0 Å². The molecular weight excluding hydrogens is 278 g/mol. The third kappa shape index (κ3) is 3.18. The van der Waals surface area contributed by atoms with Crippen LogP contribution >= 0.6 is 0 Å². The molecule has 0 amide bonds. The predicted molar refractivity (Wildman–Crippen MR) is 72.1 cm³/mol. The van der Waals surface area contributed by atoms with Gasteiger partial charge < -0.3 is 20.1 Å². The molecule has 0 bridgehead atoms. The van der Waals surface area contributed by atoms with Crippen LogP contribution in [0.25, 0.3) is 11.3 Å². The molecular formula is C13H15N3O5. The Morgan fingerprint density at radius 1 is 1.38 bits per heavy atom. The second-order valence-electron chi connectivity index (χ2n) is 4.34. The molecule has 0 aliphatic heterocycles. The minimum absolute atomic E-state index is 0.0574. The summed E-state index contributed by atoms with van der Waals surface area (Å²) < 4.78 is 6.31. The highest BCUT2D eigenvalue weighted by Crippen LogP contribution is 2.25. The lowest BCUT2D eigenvalue weighted by Crippen LogP contribution is -2.21. The molecule has 0 radical (unpaired) electrons. The standard InChI is InChI=1S/C13H15N3O5/c1-21-10-4-2-8(3-5-10)12-11(13(19)20)14-15-16(12)6-9(18)7-17/h2-5,9,17-18H,6-7H2,1H3,(H,19,20). The fraction of sp³-hybridized carbons (Fsp3) is 0.308. The zero-order valence-corrected chi connectivity index (χ0v) is 11.3. The molecule has 0 fully saturated rings. The fourth-order valence-corrected chi connectivity index (χ4v) is 1.88. The summed E-state index contributed by atoms with van der Waals surface area (Å²) in [5.74, 6) is -0.587. The fourth-order valence-electron chi connectivity index (χ4n) is 1.88. The van der Waals surface area contributed by atoms with Gasteiger partial charge in [-0.25, -0.2) is 9.48 Å². The van der Waals surface area contributed by atoms with Gasteiger partial charge in [-0.15, -0.1) is 5.10 Å². The van der Waals surface area contributed by atoms with E-state index in [0.29, 0.717) is 11.3 Å². The van der Waals surface area contributed by atoms with E-state index in [-0.39, 0.29) is 17.9 Å². The van der Waals surface area contributed by atoms with Gasteiger partial charge in [0.25, 0.3) is 0 Å². The minimum atomic E-state index is -1.22. The second-order valence-corrected chi connectivity index (χ2v) is 4.34. The molecule has 0 spiro atoms. The summed E-state index contributed by atoms with van der Waals surface area (Å²) in [4.78, 5) is 11.2. The van der Waals surface area contributed by atoms with Gasteiger partial charge in [0.2, 0.25) is 0 Å². The van der Waals surface area contributed by atoms with Crippen LogP contribution in [-0.2, 0) is 6.54 Å². The smallest absolute Gasteiger partial charge is 0.358 e. The lowest BCUT2D eigenvalue weighted by Gasteiger charge is -2.11. The van der Waals surface area contributed by atoms with E-state index in [9.17, 15) is 15.0 Å². The average Bonchev–Trinajstić information content (AvgIpc) is 2.91. The number of ether oxygens (including phenoxy) is 1. The molecule has 0 aliphatic rings. The number of carboxylic acid groups (broad SMARTS) is 1. The van der Waals surface area contributed by atoms with Crippen molar-refractivity contribution in [1.29, 1.82) is 0 Å². The Hall–Kier alpha value is -2.45. The van der Waals surface area contributed by atoms with Crippen LogP contribution < -0.4 is 4.74 Å². The molecule has 0 aliphatic carbocycles. The first-order chi connectivity index (χ1) is 10.1. The summed E-state index contributed by atoms with van der Waals surface area (Å²) in [5.41, 5.74) is 0.617. The molecule has 1 heterocycles. The van der Waals surface area contributed by atoms with Crippen LogP contribution in [0.4, 0.5) is 0 Å². The van der Waals surface area contributed by atoms with Crippen molar-refractivity contribution in [2.45, 2.75) is 12.6 Å². The van der Waals surface area contributed by atoms with Crippen molar-refractivity contribution in [2.24, 2.45) is 0 Å². The summed E-state index contributed by atoms with van der Waals surface area (Å²) in [6, 6.07) is 6.71. The lowest BCUT2D eigenvalue weighted by molar-refractivity contribution is 0.0690. The summed E-state index contributed by atoms with van der Waals surface area (Å²) in [6.07, 6.45) is -1.05. The van der Waals surface area contributed by atoms with Crippen LogP contribution in [0.3, 0.4) is 0 Å². The van der Waals surface area contributed by atoms with Crippen molar-refractivity contribution in [3.05, 3.63) is 30.0 Å². The van der Waals surface area contributed by atoms with Gasteiger partial charge in [-0.1, -0.05) is 5.21 Å². The molecule has 0 saturated heterocycles. The number of benzene rings is 1. The van der Waals surface area contributed by atoms with E-state index < -0.39 is 18.7 Å². The molecule has 1 aromatic carbocycles. The highest BCUT2D eigenvalue weighted by molar-refractivity contribution is 5.92. The third-order valence-electron chi connectivity index (χ3n) is 2.90. The molecule has 8 heteroatoms. The number of aromatic nitrogens is 3. The maximum atomic E-state index is 11.2. The van der Waals surface area contributed by atoms with Crippen LogP contribution in [0.5, 0.6) is 5.75 Å². The number of hydrogen-bond acceptors (Lipinski definition) is 6. The Morgan fingerprint density at radius 2 is 2.05 bits per heavy atom. The van der Waals surface area contributed by atoms with Crippen molar-refractivity contribution < 1.29 is 24.9 Å². The first-order valence-corrected chi connectivity index (χ1v) is 6.17. The maximum Gasteiger partial charge on any atom is 0.358 e. The van der Waals surface area contributed by atoms with Gasteiger partial charge in [-0.05, 0) is 24.3 Å². The summed E-state index contributed by atoms with van der Waals surface area (Å²) in [7, 11) is 1.53. The first-order valence-electron chi connectivity index (χ1n) is 6.17. The van der Waals surface area contributed by atoms with Gasteiger partial charge in [0, 0.05) is 5.56 Å². The molecule has 2 aromatic rings. The van der Waals surface area contributed by atoms with E-state index in [2.05, 4.69) is 10.3 Å². The van der Waals surface area contributed by atoms with E-state index in [4.69, 9.17) is 9.84 Å². The van der Waals surface area contributed by atoms with Crippen LogP contribution in [0, 0.1) is 0 Å². The Bertz CT molecular complexity index is 623. The van der Waals surface area contributed by atoms with Gasteiger partial charge in [0.05, 0.1) is 26.4 Å². The maximum absolute atomic E-state index is 11.2. The second kappa shape index (κ2) is 6.33. The molecule has 112 valence electrons. The van der Waals surface area contributed by atoms with Gasteiger partial charge in [0.1, 0.15) is 11.4 Å². The topological polar surface area (TPSA) is 118 Å². The third-order valence-corrected chi connectivity index (χ3v) is 2.90. The van der Waals surface area contributed by atoms with Gasteiger partial charge in [-0.3, -0.25) is 0 Å². The van der Waals surface area contributed by atoms with Crippen molar-refractivity contribution in [1.82, 2.24) is 15.0 Å². The lowest BCUT2D eigenvalue weighted by atomic mass is 10.1. The van der Waals surface area contributed by atoms with E-state index in [1.54, 1.807) is 24.3 Å². The van der Waals surface area contributed by atoms with E-state index in [0.717, 1.165) is 0 Å². The highest BCUT2D eigenvalue weighted by Gasteiger charge is 2.21. The SMILES string of the molecule is COc1ccc(-c2c(C(=O)O)nnn2CC(O)CO)cc1. The monoisotopic (exact) mass is 293 g/mol. The van der Waals surface area contributed by atoms with E-state index in [1.165, 1.54) is 11.8 Å². The number of aromatic carboxylic acids is 1. The number of carboxylic acids is 1. The Kier molecular flexibility index (Phi) is 4.51. The minimum Gasteiger partial charge on any atom is -0.497 e. The van der Waals surface area contributed by atoms with Crippen molar-refractivity contribution in [3.8, 4) is 17.0 Å². The number of nitrogens with zero attached hydrogens (tertiary/aromatic N) is 3. The van der Waals surface area contributed by atoms with Crippen LogP contribution in [0.1, 0.15) is 10.5 Å². The summed E-state index contributed by atoms with van der Waals surface area (Å²) in [5, 5.41) is 34.9. The predicted octanol–water partition coefficient (Wildman–Crippen LogP) is 0.00510. The van der Waals surface area contributed by atoms with Crippen molar-refractivity contribution >= 4 is 5.97 Å². The average molecular weight is 293 g/mol. The van der Waals surface area contributed by atoms with Crippen LogP contribution in [0.15, 0.2) is 24.3 Å². The summed E-state index contributed by atoms with van der Waals surface area (Å²) >= 11 is 0. The largest absolute Gasteiger partial charge is 0.497 e. The Balaban J connectivity index is 2.46. The molecule has 0 saturated carbocycles. The van der Waals surface area contributed by atoms with Crippen LogP contribution in [-0.4, -0.2) is 56.1 Å². The Morgan fingerprint density at radius 3 is 2.57 bits per heavy atom. The molecule has 21 heavy (non-hydrogen) atoms. The molecule has 2 rings (SSSR count). The zero-order valence-electron chi connectivity index (χ0n) is 11.3. The Labute approximate surface area is 120 Å². The number of aliphatic hydroxyl groups excluding tert-OH is 2. The van der Waals surface area contributed by atoms with Gasteiger partial charge >= 0.3 is 5.97 Å². The van der Waals surface area contributed by atoms with Crippen molar-refractivity contribution in [2.75, 3.05) is 13.7 Å². The van der Waals surface area contributed by atoms with E-state index >= 15 is 0 Å². The normalized spacial score (nSPS) is 12.1. The summed E-state index contributed by atoms with van der Waals surface area (Å²) in [6.45, 7) is -0.511. The number of rotatable bonds is 6. The van der Waals surface area contributed by atoms with Crippen molar-refractivity contribution in [3.63, 3.8) is 0 Å². The number of methoxy groups -OCH3 is 1. The highest BCUT2D eigenvalue weighted by atomic mass is 16.5. The zero-order chi connectivity index (χ0) is 15.4. The molecule has 1 aromatic heterocycles. The molecule has 1 atom stereocenters.